The van der Waals surface area contributed by atoms with E-state index < -0.39 is 0 Å². The number of unbranched alkanes of at least 4 members (excludes halogenated alkanes) is 33. The Morgan fingerprint density at radius 3 is 1.13 bits per heavy atom. The number of esters is 2. The summed E-state index contributed by atoms with van der Waals surface area (Å²) in [5, 5.41) is 9.34. The van der Waals surface area contributed by atoms with Crippen molar-refractivity contribution in [3.8, 4) is 0 Å². The van der Waals surface area contributed by atoms with E-state index in [1.165, 1.54) is 231 Å². The van der Waals surface area contributed by atoms with Gasteiger partial charge in [-0.1, -0.05) is 253 Å². The van der Waals surface area contributed by atoms with Crippen molar-refractivity contribution in [2.75, 3.05) is 66.4 Å². The van der Waals surface area contributed by atoms with Gasteiger partial charge in [-0.2, -0.15) is 0 Å². The van der Waals surface area contributed by atoms with Crippen LogP contribution in [0.15, 0.2) is 0 Å². The minimum Gasteiger partial charge on any atom is -0.466 e. The largest absolute Gasteiger partial charge is 0.466 e. The summed E-state index contributed by atoms with van der Waals surface area (Å²) in [5.74, 6) is 1.26. The molecule has 466 valence electrons. The number of likely N-dealkylation sites (tertiary alicyclic amines) is 1. The Kier molecular flexibility index (Phi) is 62.2. The van der Waals surface area contributed by atoms with Crippen LogP contribution in [0.3, 0.4) is 0 Å². The topological polar surface area (TPSA) is 113 Å². The third kappa shape index (κ3) is 54.0. The number of aliphatic hydroxyl groups excluding tert-OH is 1. The van der Waals surface area contributed by atoms with Crippen molar-refractivity contribution >= 4 is 11.9 Å². The zero-order valence-corrected chi connectivity index (χ0v) is 53.1. The van der Waals surface area contributed by atoms with Gasteiger partial charge < -0.3 is 38.4 Å². The molecule has 0 aromatic rings. The number of hydrogen-bond donors (Lipinski definition) is 1. The highest BCUT2D eigenvalue weighted by Gasteiger charge is 2.28. The van der Waals surface area contributed by atoms with E-state index in [0.717, 1.165) is 76.2 Å². The molecule has 0 aromatic carbocycles. The van der Waals surface area contributed by atoms with E-state index in [2.05, 4.69) is 39.5 Å². The summed E-state index contributed by atoms with van der Waals surface area (Å²) >= 11 is 0. The van der Waals surface area contributed by atoms with Gasteiger partial charge in [-0.05, 0) is 82.7 Å². The molecule has 1 aliphatic rings. The molecule has 1 aliphatic heterocycles. The maximum atomic E-state index is 12.7. The summed E-state index contributed by atoms with van der Waals surface area (Å²) < 4.78 is 34.8. The van der Waals surface area contributed by atoms with Crippen molar-refractivity contribution in [2.24, 2.45) is 11.8 Å². The summed E-state index contributed by atoms with van der Waals surface area (Å²) in [6, 6.07) is 0. The molecule has 1 N–H and O–H groups in total. The van der Waals surface area contributed by atoms with Gasteiger partial charge in [-0.15, -0.1) is 0 Å². The number of carbonyl (C=O) groups excluding carboxylic acids is 2. The number of nitrogens with zero attached hydrogens (tertiary/aromatic N) is 1. The molecule has 10 heteroatoms. The average molecular weight is 1110 g/mol. The fraction of sp³-hybridized carbons (Fsp3) is 0.971. The maximum absolute atomic E-state index is 12.7. The molecule has 0 spiro atoms. The molecular weight excluding hydrogens is 975 g/mol. The zero-order valence-electron chi connectivity index (χ0n) is 53.1. The third-order valence-electron chi connectivity index (χ3n) is 16.1. The van der Waals surface area contributed by atoms with Crippen LogP contribution in [0.5, 0.6) is 0 Å². The summed E-state index contributed by atoms with van der Waals surface area (Å²) in [7, 11) is 1.65. The van der Waals surface area contributed by atoms with Gasteiger partial charge in [0.15, 0.2) is 12.6 Å². The Bertz CT molecular complexity index is 1170. The van der Waals surface area contributed by atoms with Crippen molar-refractivity contribution in [2.45, 2.75) is 349 Å². The average Bonchev–Trinajstić information content (AvgIpc) is 3.45. The first-order valence-electron chi connectivity index (χ1n) is 34.4. The van der Waals surface area contributed by atoms with Crippen molar-refractivity contribution < 1.29 is 43.1 Å². The molecule has 10 nitrogen and oxygen atoms in total. The van der Waals surface area contributed by atoms with Gasteiger partial charge >= 0.3 is 11.9 Å². The summed E-state index contributed by atoms with van der Waals surface area (Å²) in [6.45, 7) is 18.2. The van der Waals surface area contributed by atoms with Crippen molar-refractivity contribution in [3.05, 3.63) is 0 Å². The number of aliphatic hydroxyl groups is 1. The quantitative estimate of drug-likeness (QED) is 0.0359. The highest BCUT2D eigenvalue weighted by atomic mass is 16.7. The Morgan fingerprint density at radius 1 is 0.410 bits per heavy atom. The van der Waals surface area contributed by atoms with Gasteiger partial charge in [0.1, 0.15) is 0 Å². The predicted octanol–water partition coefficient (Wildman–Crippen LogP) is 19.4. The molecule has 0 radical (unpaired) electrons. The van der Waals surface area contributed by atoms with E-state index in [0.29, 0.717) is 58.7 Å². The summed E-state index contributed by atoms with van der Waals surface area (Å²) in [4.78, 5) is 27.7. The van der Waals surface area contributed by atoms with Gasteiger partial charge in [0.05, 0.1) is 26.1 Å². The second-order valence-corrected chi connectivity index (χ2v) is 23.5. The van der Waals surface area contributed by atoms with Crippen LogP contribution in [-0.2, 0) is 38.0 Å². The molecule has 3 unspecified atom stereocenters. The van der Waals surface area contributed by atoms with Crippen LogP contribution in [0, 0.1) is 11.8 Å². The van der Waals surface area contributed by atoms with Crippen molar-refractivity contribution in [1.82, 2.24) is 4.90 Å². The fourth-order valence-corrected chi connectivity index (χ4v) is 10.9. The van der Waals surface area contributed by atoms with E-state index in [9.17, 15) is 14.7 Å². The number of ether oxygens (including phenoxy) is 6. The Morgan fingerprint density at radius 2 is 0.744 bits per heavy atom. The first-order valence-corrected chi connectivity index (χ1v) is 34.4. The van der Waals surface area contributed by atoms with Crippen molar-refractivity contribution in [1.29, 1.82) is 0 Å². The first kappa shape index (κ1) is 76.7. The number of carbonyl (C=O) groups is 2. The smallest absolute Gasteiger partial charge is 0.305 e. The Labute approximate surface area is 485 Å². The lowest BCUT2D eigenvalue weighted by Gasteiger charge is -2.39. The maximum Gasteiger partial charge on any atom is 0.305 e. The van der Waals surface area contributed by atoms with Gasteiger partial charge in [0, 0.05) is 52.9 Å². The molecule has 0 aliphatic carbocycles. The fourth-order valence-electron chi connectivity index (χ4n) is 10.9. The molecule has 1 fully saturated rings. The van der Waals surface area contributed by atoms with E-state index in [1.54, 1.807) is 7.11 Å². The molecule has 1 saturated heterocycles. The molecule has 3 atom stereocenters. The monoisotopic (exact) mass is 1110 g/mol. The van der Waals surface area contributed by atoms with Crippen LogP contribution < -0.4 is 0 Å². The first-order chi connectivity index (χ1) is 38.4. The van der Waals surface area contributed by atoms with E-state index in [-0.39, 0.29) is 31.1 Å². The summed E-state index contributed by atoms with van der Waals surface area (Å²) in [5.41, 5.74) is 0. The van der Waals surface area contributed by atoms with Gasteiger partial charge in [-0.3, -0.25) is 9.59 Å². The van der Waals surface area contributed by atoms with Crippen LogP contribution >= 0.6 is 0 Å². The van der Waals surface area contributed by atoms with Crippen LogP contribution in [0.25, 0.3) is 0 Å². The minimum atomic E-state index is -0.339. The number of hydrogen-bond acceptors (Lipinski definition) is 10. The lowest BCUT2D eigenvalue weighted by Crippen LogP contribution is -2.41. The normalized spacial score (nSPS) is 15.2. The van der Waals surface area contributed by atoms with E-state index >= 15 is 0 Å². The second-order valence-electron chi connectivity index (χ2n) is 23.5. The zero-order chi connectivity index (χ0) is 56.9. The predicted molar refractivity (Wildman–Crippen MR) is 330 cm³/mol. The van der Waals surface area contributed by atoms with Gasteiger partial charge in [-0.25, -0.2) is 0 Å². The second kappa shape index (κ2) is 63.3. The molecule has 0 bridgehead atoms. The summed E-state index contributed by atoms with van der Waals surface area (Å²) in [6.07, 6.45) is 54.7. The molecule has 0 amide bonds. The van der Waals surface area contributed by atoms with Crippen LogP contribution in [0.4, 0.5) is 0 Å². The van der Waals surface area contributed by atoms with E-state index in [4.69, 9.17) is 28.4 Å². The minimum absolute atomic E-state index is 0.129. The molecule has 1 heterocycles. The lowest BCUT2D eigenvalue weighted by molar-refractivity contribution is -0.159. The molecule has 0 saturated carbocycles. The standard InChI is InChI=1S/C59H115NO9.C9H20/c1-5-8-11-14-17-24-35-50-67-58(64-4)42-40-56(62)65-48-34-28-21-23-30-39-55-53-60(45-31-32-47-61)46-44-54(55)38-29-22-20-27-33-49-66-57(63)41-43-59(68-51-36-25-18-15-12-9-6-2)69-52-37-26-19-16-13-10-7-3;1-3-5-7-9-8-6-4-2/h54-55,58-59,61H,5-53H2,1-4H3;3-9H2,1-2H3. The van der Waals surface area contributed by atoms with Crippen LogP contribution in [0.2, 0.25) is 0 Å². The third-order valence-corrected chi connectivity index (χ3v) is 16.1. The molecule has 1 rings (SSSR count). The Balaban J connectivity index is 0.00000599. The Hall–Kier alpha value is -1.30. The lowest BCUT2D eigenvalue weighted by atomic mass is 9.79. The van der Waals surface area contributed by atoms with Crippen LogP contribution in [-0.4, -0.2) is 101 Å². The van der Waals surface area contributed by atoms with Crippen molar-refractivity contribution in [3.63, 3.8) is 0 Å². The number of piperidine rings is 1. The van der Waals surface area contributed by atoms with Crippen LogP contribution in [0.1, 0.15) is 336 Å². The molecule has 0 aromatic heterocycles. The van der Waals surface area contributed by atoms with E-state index in [1.807, 2.05) is 0 Å². The molecular formula is C68H135NO9. The highest BCUT2D eigenvalue weighted by Crippen LogP contribution is 2.33. The van der Waals surface area contributed by atoms with Gasteiger partial charge in [0.2, 0.25) is 0 Å². The number of rotatable bonds is 60. The highest BCUT2D eigenvalue weighted by molar-refractivity contribution is 5.69. The SMILES string of the molecule is CCCCCCCCC.CCCCCCCCCOC(CCC(=O)OCCCCCCCC1CN(CCCCO)CCC1CCCCCCCOC(=O)CCC(OCCCCCCCCC)OCCCCCCCCC)OC. The number of methoxy groups -OCH3 is 1. The molecule has 78 heavy (non-hydrogen) atoms. The van der Waals surface area contributed by atoms with Gasteiger partial charge in [0.25, 0.3) is 0 Å².